The zero-order chi connectivity index (χ0) is 22.4. The Balaban J connectivity index is 1.55. The number of pyridine rings is 2. The summed E-state index contributed by atoms with van der Waals surface area (Å²) in [6.45, 7) is 1.55. The molecule has 6 rings (SSSR count). The van der Waals surface area contributed by atoms with Gasteiger partial charge in [-0.1, -0.05) is 12.1 Å². The third kappa shape index (κ3) is 3.34. The van der Waals surface area contributed by atoms with Crippen LogP contribution in [0.4, 0.5) is 4.39 Å². The summed E-state index contributed by atoms with van der Waals surface area (Å²) < 4.78 is 32.7. The molecular formula is C25H21FN4O3. The third-order valence-corrected chi connectivity index (χ3v) is 6.07. The first-order valence-electron chi connectivity index (χ1n) is 10.8. The number of benzene rings is 1. The highest BCUT2D eigenvalue weighted by atomic mass is 19.1. The van der Waals surface area contributed by atoms with Gasteiger partial charge in [-0.05, 0) is 47.9 Å². The second-order valence-corrected chi connectivity index (χ2v) is 8.18. The number of ether oxygens (including phenoxy) is 3. The summed E-state index contributed by atoms with van der Waals surface area (Å²) >= 11 is 0. The highest BCUT2D eigenvalue weighted by Crippen LogP contribution is 2.50. The fourth-order valence-corrected chi connectivity index (χ4v) is 4.53. The number of fused-ring (bicyclic) bond motifs is 4. The molecule has 8 heteroatoms. The van der Waals surface area contributed by atoms with Gasteiger partial charge in [-0.3, -0.25) is 9.98 Å². The van der Waals surface area contributed by atoms with E-state index < -0.39 is 17.8 Å². The summed E-state index contributed by atoms with van der Waals surface area (Å²) in [4.78, 5) is 12.9. The molecule has 0 aliphatic carbocycles. The summed E-state index contributed by atoms with van der Waals surface area (Å²) in [5.74, 6) is 0.588. The maximum absolute atomic E-state index is 14.5. The molecule has 0 bridgehead atoms. The lowest BCUT2D eigenvalue weighted by Crippen LogP contribution is -2.46. The van der Waals surface area contributed by atoms with Gasteiger partial charge < -0.3 is 19.9 Å². The van der Waals surface area contributed by atoms with Gasteiger partial charge in [0.25, 0.3) is 0 Å². The monoisotopic (exact) mass is 444 g/mol. The Hall–Kier alpha value is -3.46. The molecule has 0 radical (unpaired) electrons. The van der Waals surface area contributed by atoms with Crippen LogP contribution in [0.15, 0.2) is 59.9 Å². The summed E-state index contributed by atoms with van der Waals surface area (Å²) in [5.41, 5.74) is 9.39. The first-order valence-corrected chi connectivity index (χ1v) is 10.8. The smallest absolute Gasteiger partial charge is 0.220 e. The minimum atomic E-state index is -1.09. The standard InChI is InChI=1S/C25H21FN4O3/c26-24-17(4-1-7-29-24)15-5-6-21-18(9-15)25(14-28-12-23(27)33-25)19-10-20(30-11-22(19)32-21)16-3-2-8-31-13-16/h1,3-7,9-11,14,23H,2,8,12-13,27H2/t23?,25-/m0/s1. The molecule has 0 saturated heterocycles. The summed E-state index contributed by atoms with van der Waals surface area (Å²) in [6.07, 6.45) is 7.23. The molecular weight excluding hydrogens is 423 g/mol. The molecule has 5 heterocycles. The van der Waals surface area contributed by atoms with Gasteiger partial charge in [0.05, 0.1) is 31.6 Å². The van der Waals surface area contributed by atoms with E-state index in [0.29, 0.717) is 47.9 Å². The van der Waals surface area contributed by atoms with Crippen LogP contribution in [0.3, 0.4) is 0 Å². The van der Waals surface area contributed by atoms with E-state index in [1.807, 2.05) is 12.1 Å². The average molecular weight is 444 g/mol. The molecule has 1 unspecified atom stereocenters. The Morgan fingerprint density at radius 3 is 2.82 bits per heavy atom. The van der Waals surface area contributed by atoms with Crippen LogP contribution in [0.2, 0.25) is 0 Å². The zero-order valence-corrected chi connectivity index (χ0v) is 17.7. The minimum absolute atomic E-state index is 0.348. The molecule has 1 spiro atoms. The van der Waals surface area contributed by atoms with Crippen LogP contribution >= 0.6 is 0 Å². The first-order chi connectivity index (χ1) is 16.1. The molecule has 2 atom stereocenters. The van der Waals surface area contributed by atoms with E-state index >= 15 is 0 Å². The molecule has 1 aromatic carbocycles. The van der Waals surface area contributed by atoms with Crippen molar-refractivity contribution in [3.63, 3.8) is 0 Å². The van der Waals surface area contributed by atoms with Crippen molar-refractivity contribution in [1.82, 2.24) is 9.97 Å². The van der Waals surface area contributed by atoms with Crippen molar-refractivity contribution in [2.24, 2.45) is 10.7 Å². The van der Waals surface area contributed by atoms with Crippen molar-refractivity contribution in [2.75, 3.05) is 19.8 Å². The summed E-state index contributed by atoms with van der Waals surface area (Å²) in [5, 5.41) is 0. The summed E-state index contributed by atoms with van der Waals surface area (Å²) in [7, 11) is 0. The van der Waals surface area contributed by atoms with Crippen LogP contribution in [-0.4, -0.2) is 42.2 Å². The molecule has 7 nitrogen and oxygen atoms in total. The second-order valence-electron chi connectivity index (χ2n) is 8.18. The van der Waals surface area contributed by atoms with E-state index in [2.05, 4.69) is 21.0 Å². The molecule has 3 aromatic rings. The Labute approximate surface area is 189 Å². The van der Waals surface area contributed by atoms with Gasteiger partial charge in [-0.2, -0.15) is 4.39 Å². The molecule has 0 saturated carbocycles. The fraction of sp³-hybridized carbons (Fsp3) is 0.240. The zero-order valence-electron chi connectivity index (χ0n) is 17.7. The Bertz CT molecular complexity index is 1310. The van der Waals surface area contributed by atoms with Gasteiger partial charge in [-0.25, -0.2) is 4.98 Å². The van der Waals surface area contributed by atoms with Crippen molar-refractivity contribution in [3.05, 3.63) is 77.6 Å². The molecule has 0 amide bonds. The molecule has 2 N–H and O–H groups in total. The lowest BCUT2D eigenvalue weighted by Gasteiger charge is -2.41. The van der Waals surface area contributed by atoms with Crippen LogP contribution in [0.1, 0.15) is 23.2 Å². The quantitative estimate of drug-likeness (QED) is 0.604. The third-order valence-electron chi connectivity index (χ3n) is 6.07. The minimum Gasteiger partial charge on any atom is -0.455 e. The molecule has 3 aliphatic heterocycles. The van der Waals surface area contributed by atoms with Crippen LogP contribution in [0.5, 0.6) is 11.5 Å². The number of aliphatic imine (C=N–C) groups is 1. The van der Waals surface area contributed by atoms with Gasteiger partial charge in [0.1, 0.15) is 12.0 Å². The van der Waals surface area contributed by atoms with Crippen molar-refractivity contribution < 1.29 is 18.6 Å². The first kappa shape index (κ1) is 20.2. The Morgan fingerprint density at radius 1 is 1.09 bits per heavy atom. The second kappa shape index (κ2) is 7.84. The number of hydrogen-bond donors (Lipinski definition) is 1. The largest absolute Gasteiger partial charge is 0.455 e. The van der Waals surface area contributed by atoms with Gasteiger partial charge >= 0.3 is 0 Å². The van der Waals surface area contributed by atoms with E-state index in [1.54, 1.807) is 36.7 Å². The lowest BCUT2D eigenvalue weighted by molar-refractivity contribution is -0.0314. The predicted octanol–water partition coefficient (Wildman–Crippen LogP) is 3.82. The van der Waals surface area contributed by atoms with Crippen molar-refractivity contribution in [3.8, 4) is 22.6 Å². The normalized spacial score (nSPS) is 23.5. The topological polar surface area (TPSA) is 91.9 Å². The predicted molar refractivity (Wildman–Crippen MR) is 121 cm³/mol. The van der Waals surface area contributed by atoms with Crippen LogP contribution in [0, 0.1) is 5.95 Å². The SMILES string of the molecule is NC1CN=C[C@]2(O1)c1cc(-c3cccnc3F)ccc1Oc1cnc(C3=CCCOC3)cc12. The number of nitrogens with zero attached hydrogens (tertiary/aromatic N) is 3. The molecule has 166 valence electrons. The lowest BCUT2D eigenvalue weighted by atomic mass is 9.82. The van der Waals surface area contributed by atoms with Gasteiger partial charge in [0.15, 0.2) is 11.4 Å². The Morgan fingerprint density at radius 2 is 2.00 bits per heavy atom. The fourth-order valence-electron chi connectivity index (χ4n) is 4.53. The maximum Gasteiger partial charge on any atom is 0.220 e. The highest BCUT2D eigenvalue weighted by Gasteiger charge is 2.46. The van der Waals surface area contributed by atoms with E-state index in [0.717, 1.165) is 23.3 Å². The van der Waals surface area contributed by atoms with Gasteiger partial charge in [0.2, 0.25) is 5.95 Å². The van der Waals surface area contributed by atoms with Crippen molar-refractivity contribution in [2.45, 2.75) is 18.2 Å². The highest BCUT2D eigenvalue weighted by molar-refractivity contribution is 5.84. The van der Waals surface area contributed by atoms with Crippen molar-refractivity contribution in [1.29, 1.82) is 0 Å². The molecule has 33 heavy (non-hydrogen) atoms. The Kier molecular flexibility index (Phi) is 4.79. The molecule has 3 aliphatic rings. The van der Waals surface area contributed by atoms with Crippen LogP contribution < -0.4 is 10.5 Å². The number of rotatable bonds is 2. The van der Waals surface area contributed by atoms with Crippen molar-refractivity contribution >= 4 is 11.8 Å². The van der Waals surface area contributed by atoms with Gasteiger partial charge in [0, 0.05) is 29.1 Å². The number of nitrogens with two attached hydrogens (primary N) is 1. The van der Waals surface area contributed by atoms with Crippen LogP contribution in [0.25, 0.3) is 16.7 Å². The molecule has 2 aromatic heterocycles. The van der Waals surface area contributed by atoms with E-state index in [4.69, 9.17) is 19.9 Å². The van der Waals surface area contributed by atoms with E-state index in [-0.39, 0.29) is 0 Å². The average Bonchev–Trinajstić information content (AvgIpc) is 2.85. The van der Waals surface area contributed by atoms with Gasteiger partial charge in [-0.15, -0.1) is 0 Å². The summed E-state index contributed by atoms with van der Waals surface area (Å²) in [6, 6.07) is 10.8. The maximum atomic E-state index is 14.5. The van der Waals surface area contributed by atoms with Crippen LogP contribution in [-0.2, 0) is 15.1 Å². The number of aromatic nitrogens is 2. The number of hydrogen-bond acceptors (Lipinski definition) is 7. The van der Waals surface area contributed by atoms with E-state index in [1.165, 1.54) is 6.20 Å². The number of halogens is 1. The molecule has 0 fully saturated rings. The van der Waals surface area contributed by atoms with E-state index in [9.17, 15) is 4.39 Å².